The molecular weight excluding hydrogens is 475 g/mol. The normalized spacial score (nSPS) is 16.3. The van der Waals surface area contributed by atoms with Crippen molar-refractivity contribution < 1.29 is 19.1 Å². The maximum atomic E-state index is 14.2. The third-order valence-electron chi connectivity index (χ3n) is 5.70. The van der Waals surface area contributed by atoms with Gasteiger partial charge in [-0.25, -0.2) is 4.39 Å². The number of aliphatic carboxylic acids is 1. The molecule has 0 amide bonds. The number of ketones is 1. The van der Waals surface area contributed by atoms with Crippen molar-refractivity contribution in [3.05, 3.63) is 68.0 Å². The van der Waals surface area contributed by atoms with Gasteiger partial charge >= 0.3 is 5.97 Å². The van der Waals surface area contributed by atoms with E-state index in [0.29, 0.717) is 44.6 Å². The Balaban J connectivity index is 2.05. The minimum atomic E-state index is -0.966. The predicted octanol–water partition coefficient (Wildman–Crippen LogP) is 5.51. The van der Waals surface area contributed by atoms with Crippen LogP contribution >= 0.6 is 27.5 Å². The number of aryl methyl sites for hydroxylation is 1. The fourth-order valence-electron chi connectivity index (χ4n) is 4.27. The molecule has 2 aromatic carbocycles. The SMILES string of the molecule is CC(C(=O)O)C1CCn2c1c(C(=O)c1ccc(Cl)cc1C#N)c1c(Br)cc(F)cc12. The quantitative estimate of drug-likeness (QED) is 0.490. The molecule has 2 unspecified atom stereocenters. The van der Waals surface area contributed by atoms with E-state index in [9.17, 15) is 24.3 Å². The standard InChI is InChI=1S/C22H15BrClFN2O3/c1-10(22(29)30)14-4-5-27-17-8-13(25)7-16(23)18(17)19(20(14)27)21(28)15-3-2-12(24)6-11(15)9-26/h2-3,6-8,10,14H,4-5H2,1H3,(H,29,30). The van der Waals surface area contributed by atoms with Crippen LogP contribution in [0.15, 0.2) is 34.8 Å². The topological polar surface area (TPSA) is 83.1 Å². The monoisotopic (exact) mass is 488 g/mol. The summed E-state index contributed by atoms with van der Waals surface area (Å²) in [4.78, 5) is 25.4. The number of hydrogen-bond donors (Lipinski definition) is 1. The van der Waals surface area contributed by atoms with Crippen molar-refractivity contribution in [3.8, 4) is 6.07 Å². The molecule has 30 heavy (non-hydrogen) atoms. The van der Waals surface area contributed by atoms with Crippen LogP contribution in [-0.4, -0.2) is 21.4 Å². The van der Waals surface area contributed by atoms with Gasteiger partial charge in [-0.15, -0.1) is 0 Å². The molecule has 1 aliphatic rings. The summed E-state index contributed by atoms with van der Waals surface area (Å²) in [6, 6.07) is 9.05. The molecule has 1 aromatic heterocycles. The maximum Gasteiger partial charge on any atom is 0.306 e. The Bertz CT molecular complexity index is 1280. The molecule has 0 saturated carbocycles. The van der Waals surface area contributed by atoms with Crippen LogP contribution in [0.4, 0.5) is 4.39 Å². The minimum absolute atomic E-state index is 0.125. The number of halogens is 3. The van der Waals surface area contributed by atoms with E-state index in [2.05, 4.69) is 15.9 Å². The van der Waals surface area contributed by atoms with E-state index < -0.39 is 29.4 Å². The molecule has 5 nitrogen and oxygen atoms in total. The molecule has 0 fully saturated rings. The van der Waals surface area contributed by atoms with E-state index in [0.717, 1.165) is 0 Å². The molecule has 0 radical (unpaired) electrons. The number of nitriles is 1. The summed E-state index contributed by atoms with van der Waals surface area (Å²) in [7, 11) is 0. The van der Waals surface area contributed by atoms with Crippen molar-refractivity contribution in [2.24, 2.45) is 5.92 Å². The van der Waals surface area contributed by atoms with Crippen LogP contribution in [0.5, 0.6) is 0 Å². The van der Waals surface area contributed by atoms with Crippen LogP contribution in [0.3, 0.4) is 0 Å². The Morgan fingerprint density at radius 1 is 1.37 bits per heavy atom. The summed E-state index contributed by atoms with van der Waals surface area (Å²) in [6.07, 6.45) is 0.527. The van der Waals surface area contributed by atoms with E-state index in [4.69, 9.17) is 11.6 Å². The Morgan fingerprint density at radius 2 is 2.10 bits per heavy atom. The van der Waals surface area contributed by atoms with Gasteiger partial charge < -0.3 is 9.67 Å². The highest BCUT2D eigenvalue weighted by molar-refractivity contribution is 9.10. The molecule has 0 spiro atoms. The zero-order chi connectivity index (χ0) is 21.7. The molecule has 1 N–H and O–H groups in total. The number of fused-ring (bicyclic) bond motifs is 3. The first-order valence-corrected chi connectivity index (χ1v) is 10.4. The molecule has 0 saturated heterocycles. The summed E-state index contributed by atoms with van der Waals surface area (Å²) >= 11 is 9.34. The number of carboxylic acids is 1. The summed E-state index contributed by atoms with van der Waals surface area (Å²) in [6.45, 7) is 2.08. The summed E-state index contributed by atoms with van der Waals surface area (Å²) in [5.41, 5.74) is 1.68. The van der Waals surface area contributed by atoms with Gasteiger partial charge in [0.1, 0.15) is 5.82 Å². The van der Waals surface area contributed by atoms with E-state index in [-0.39, 0.29) is 11.1 Å². The smallest absolute Gasteiger partial charge is 0.306 e. The van der Waals surface area contributed by atoms with Gasteiger partial charge in [-0.05, 0) is 52.7 Å². The average Bonchev–Trinajstić information content (AvgIpc) is 3.25. The van der Waals surface area contributed by atoms with Crippen LogP contribution in [0.2, 0.25) is 5.02 Å². The van der Waals surface area contributed by atoms with Gasteiger partial charge in [-0.1, -0.05) is 18.5 Å². The fourth-order valence-corrected chi connectivity index (χ4v) is 5.07. The molecule has 0 aliphatic carbocycles. The fraction of sp³-hybridized carbons (Fsp3) is 0.227. The molecule has 1 aliphatic heterocycles. The van der Waals surface area contributed by atoms with Crippen molar-refractivity contribution in [3.63, 3.8) is 0 Å². The van der Waals surface area contributed by atoms with Gasteiger partial charge in [0.05, 0.1) is 28.6 Å². The third-order valence-corrected chi connectivity index (χ3v) is 6.56. The highest BCUT2D eigenvalue weighted by Crippen LogP contribution is 2.45. The maximum absolute atomic E-state index is 14.2. The molecule has 2 atom stereocenters. The van der Waals surface area contributed by atoms with Crippen LogP contribution in [0.25, 0.3) is 10.9 Å². The predicted molar refractivity (Wildman–Crippen MR) is 113 cm³/mol. The number of aromatic nitrogens is 1. The summed E-state index contributed by atoms with van der Waals surface area (Å²) in [5.74, 6) is -2.99. The lowest BCUT2D eigenvalue weighted by Crippen LogP contribution is -2.19. The summed E-state index contributed by atoms with van der Waals surface area (Å²) in [5, 5.41) is 19.9. The molecular formula is C22H15BrClFN2O3. The highest BCUT2D eigenvalue weighted by atomic mass is 79.9. The van der Waals surface area contributed by atoms with E-state index in [1.54, 1.807) is 6.92 Å². The number of carbonyl (C=O) groups is 2. The minimum Gasteiger partial charge on any atom is -0.481 e. The lowest BCUT2D eigenvalue weighted by atomic mass is 9.85. The largest absolute Gasteiger partial charge is 0.481 e. The van der Waals surface area contributed by atoms with Gasteiger partial charge in [-0.2, -0.15) is 5.26 Å². The molecule has 0 bridgehead atoms. The second-order valence-electron chi connectivity index (χ2n) is 7.35. The van der Waals surface area contributed by atoms with Crippen LogP contribution in [0, 0.1) is 23.1 Å². The Kier molecular flexibility index (Phi) is 5.16. The first-order valence-electron chi connectivity index (χ1n) is 9.22. The van der Waals surface area contributed by atoms with Crippen molar-refractivity contribution >= 4 is 50.2 Å². The molecule has 8 heteroatoms. The molecule has 4 rings (SSSR count). The Morgan fingerprint density at radius 3 is 2.77 bits per heavy atom. The second kappa shape index (κ2) is 7.53. The zero-order valence-electron chi connectivity index (χ0n) is 15.7. The lowest BCUT2D eigenvalue weighted by molar-refractivity contribution is -0.141. The van der Waals surface area contributed by atoms with Crippen molar-refractivity contribution in [1.82, 2.24) is 4.57 Å². The third kappa shape index (κ3) is 3.11. The lowest BCUT2D eigenvalue weighted by Gasteiger charge is -2.17. The van der Waals surface area contributed by atoms with Gasteiger partial charge in [0, 0.05) is 38.6 Å². The van der Waals surface area contributed by atoms with Crippen molar-refractivity contribution in [2.75, 3.05) is 0 Å². The van der Waals surface area contributed by atoms with E-state index in [1.165, 1.54) is 30.3 Å². The first kappa shape index (κ1) is 20.6. The van der Waals surface area contributed by atoms with Crippen LogP contribution in [-0.2, 0) is 11.3 Å². The Labute approximate surface area is 184 Å². The number of hydrogen-bond acceptors (Lipinski definition) is 3. The molecule has 152 valence electrons. The summed E-state index contributed by atoms with van der Waals surface area (Å²) < 4.78 is 16.4. The van der Waals surface area contributed by atoms with Gasteiger partial charge in [0.2, 0.25) is 0 Å². The van der Waals surface area contributed by atoms with Crippen molar-refractivity contribution in [1.29, 1.82) is 5.26 Å². The number of carboxylic acid groups (broad SMARTS) is 1. The molecule has 2 heterocycles. The van der Waals surface area contributed by atoms with Crippen molar-refractivity contribution in [2.45, 2.75) is 25.8 Å². The number of nitrogens with zero attached hydrogens (tertiary/aromatic N) is 2. The Hall–Kier alpha value is -2.69. The number of rotatable bonds is 4. The van der Waals surface area contributed by atoms with E-state index >= 15 is 0 Å². The van der Waals surface area contributed by atoms with E-state index in [1.807, 2.05) is 10.6 Å². The van der Waals surface area contributed by atoms with Crippen LogP contribution < -0.4 is 0 Å². The zero-order valence-corrected chi connectivity index (χ0v) is 18.1. The first-order chi connectivity index (χ1) is 14.2. The molecule has 3 aromatic rings. The number of carbonyl (C=O) groups excluding carboxylic acids is 1. The van der Waals surface area contributed by atoms with Gasteiger partial charge in [-0.3, -0.25) is 9.59 Å². The highest BCUT2D eigenvalue weighted by Gasteiger charge is 2.38. The average molecular weight is 490 g/mol. The van der Waals surface area contributed by atoms with Gasteiger partial charge in [0.25, 0.3) is 0 Å². The second-order valence-corrected chi connectivity index (χ2v) is 8.64. The number of benzene rings is 2. The van der Waals surface area contributed by atoms with Gasteiger partial charge in [0.15, 0.2) is 5.78 Å². The van der Waals surface area contributed by atoms with Crippen LogP contribution in [0.1, 0.15) is 46.4 Å².